The Balaban J connectivity index is 2.19. The number of alkyl halides is 3. The summed E-state index contributed by atoms with van der Waals surface area (Å²) >= 11 is 0. The van der Waals surface area contributed by atoms with Crippen molar-refractivity contribution in [2.75, 3.05) is 6.61 Å². The van der Waals surface area contributed by atoms with E-state index in [1.165, 1.54) is 12.1 Å². The molecule has 0 bridgehead atoms. The highest BCUT2D eigenvalue weighted by Gasteiger charge is 2.30. The molecule has 21 heavy (non-hydrogen) atoms. The lowest BCUT2D eigenvalue weighted by molar-refractivity contribution is -0.138. The van der Waals surface area contributed by atoms with E-state index in [0.717, 1.165) is 12.1 Å². The molecule has 0 saturated heterocycles. The molecule has 1 heterocycles. The third-order valence-electron chi connectivity index (χ3n) is 2.99. The van der Waals surface area contributed by atoms with Gasteiger partial charge in [-0.05, 0) is 43.0 Å². The van der Waals surface area contributed by atoms with Crippen molar-refractivity contribution in [2.45, 2.75) is 19.1 Å². The lowest BCUT2D eigenvalue weighted by Crippen LogP contribution is -2.20. The quantitative estimate of drug-likeness (QED) is 0.870. The minimum atomic E-state index is -4.36. The standard InChI is InChI=1S/C15H14F3NO2/c1-2-21-14(20)11-7-8-19-13(9-11)10-3-5-12(6-4-10)15(16,17)18/h3-9,13,19H,2H2,1H3. The van der Waals surface area contributed by atoms with Gasteiger partial charge in [0.25, 0.3) is 0 Å². The molecule has 1 N–H and O–H groups in total. The van der Waals surface area contributed by atoms with Gasteiger partial charge >= 0.3 is 12.1 Å². The number of carbonyl (C=O) groups excluding carboxylic acids is 1. The summed E-state index contributed by atoms with van der Waals surface area (Å²) in [6, 6.07) is 4.45. The molecule has 0 fully saturated rings. The number of hydrogen-bond donors (Lipinski definition) is 1. The Morgan fingerprint density at radius 3 is 2.52 bits per heavy atom. The fourth-order valence-electron chi connectivity index (χ4n) is 1.95. The number of carbonyl (C=O) groups is 1. The molecule has 1 aliphatic rings. The van der Waals surface area contributed by atoms with E-state index in [1.54, 1.807) is 25.3 Å². The number of nitrogens with one attached hydrogen (secondary N) is 1. The third-order valence-corrected chi connectivity index (χ3v) is 2.99. The molecule has 1 unspecified atom stereocenters. The van der Waals surface area contributed by atoms with Gasteiger partial charge in [-0.15, -0.1) is 0 Å². The minimum absolute atomic E-state index is 0.266. The Morgan fingerprint density at radius 1 is 1.29 bits per heavy atom. The zero-order valence-corrected chi connectivity index (χ0v) is 11.3. The molecule has 1 aromatic rings. The van der Waals surface area contributed by atoms with Crippen molar-refractivity contribution in [2.24, 2.45) is 0 Å². The Bertz CT molecular complexity index is 574. The topological polar surface area (TPSA) is 38.3 Å². The Labute approximate surface area is 120 Å². The van der Waals surface area contributed by atoms with E-state index in [4.69, 9.17) is 4.74 Å². The lowest BCUT2D eigenvalue weighted by Gasteiger charge is -2.19. The van der Waals surface area contributed by atoms with E-state index in [2.05, 4.69) is 5.32 Å². The van der Waals surface area contributed by atoms with Crippen LogP contribution in [0.2, 0.25) is 0 Å². The summed E-state index contributed by atoms with van der Waals surface area (Å²) in [5.41, 5.74) is 0.307. The fourth-order valence-corrected chi connectivity index (χ4v) is 1.95. The van der Waals surface area contributed by atoms with Gasteiger partial charge in [-0.3, -0.25) is 0 Å². The van der Waals surface area contributed by atoms with E-state index in [9.17, 15) is 18.0 Å². The first-order valence-corrected chi connectivity index (χ1v) is 6.40. The van der Waals surface area contributed by atoms with Gasteiger partial charge < -0.3 is 10.1 Å². The summed E-state index contributed by atoms with van der Waals surface area (Å²) in [5.74, 6) is -0.452. The maximum atomic E-state index is 12.5. The summed E-state index contributed by atoms with van der Waals surface area (Å²) in [6.45, 7) is 1.97. The molecule has 3 nitrogen and oxygen atoms in total. The van der Waals surface area contributed by atoms with Crippen LogP contribution in [0.1, 0.15) is 24.1 Å². The SMILES string of the molecule is CCOC(=O)C1=CC(c2ccc(C(F)(F)F)cc2)NC=C1. The number of benzene rings is 1. The van der Waals surface area contributed by atoms with Crippen molar-refractivity contribution in [3.05, 3.63) is 59.3 Å². The van der Waals surface area contributed by atoms with E-state index < -0.39 is 17.7 Å². The van der Waals surface area contributed by atoms with Crippen LogP contribution in [0.5, 0.6) is 0 Å². The average molecular weight is 297 g/mol. The fraction of sp³-hybridized carbons (Fsp3) is 0.267. The number of dihydropyridines is 1. The first-order valence-electron chi connectivity index (χ1n) is 6.40. The van der Waals surface area contributed by atoms with E-state index >= 15 is 0 Å². The number of rotatable bonds is 3. The zero-order chi connectivity index (χ0) is 15.5. The van der Waals surface area contributed by atoms with E-state index in [1.807, 2.05) is 0 Å². The highest BCUT2D eigenvalue weighted by atomic mass is 19.4. The van der Waals surface area contributed by atoms with Crippen molar-refractivity contribution in [1.29, 1.82) is 0 Å². The highest BCUT2D eigenvalue weighted by molar-refractivity contribution is 5.92. The molecular formula is C15H14F3NO2. The molecule has 0 aliphatic carbocycles. The Kier molecular flexibility index (Phi) is 4.35. The summed E-state index contributed by atoms with van der Waals surface area (Å²) in [7, 11) is 0. The first-order chi connectivity index (χ1) is 9.91. The van der Waals surface area contributed by atoms with Crippen LogP contribution in [-0.4, -0.2) is 12.6 Å². The monoisotopic (exact) mass is 297 g/mol. The highest BCUT2D eigenvalue weighted by Crippen LogP contribution is 2.30. The van der Waals surface area contributed by atoms with Gasteiger partial charge in [0, 0.05) is 0 Å². The molecule has 1 atom stereocenters. The van der Waals surface area contributed by atoms with Crippen molar-refractivity contribution in [3.63, 3.8) is 0 Å². The first kappa shape index (κ1) is 15.2. The van der Waals surface area contributed by atoms with Gasteiger partial charge in [-0.25, -0.2) is 4.79 Å². The summed E-state index contributed by atoms with van der Waals surface area (Å²) in [6.07, 6.45) is 0.415. The maximum absolute atomic E-state index is 12.5. The third kappa shape index (κ3) is 3.65. The van der Waals surface area contributed by atoms with Gasteiger partial charge in [0.15, 0.2) is 0 Å². The predicted octanol–water partition coefficient (Wildman–Crippen LogP) is 3.35. The van der Waals surface area contributed by atoms with Gasteiger partial charge in [0.05, 0.1) is 23.8 Å². The molecule has 1 aliphatic heterocycles. The Hall–Kier alpha value is -2.24. The number of hydrogen-bond acceptors (Lipinski definition) is 3. The van der Waals surface area contributed by atoms with Gasteiger partial charge in [0.1, 0.15) is 0 Å². The van der Waals surface area contributed by atoms with Crippen LogP contribution in [0.3, 0.4) is 0 Å². The van der Waals surface area contributed by atoms with Crippen LogP contribution in [0.4, 0.5) is 13.2 Å². The van der Waals surface area contributed by atoms with E-state index in [0.29, 0.717) is 11.1 Å². The number of esters is 1. The average Bonchev–Trinajstić information content (AvgIpc) is 2.47. The molecule has 0 aromatic heterocycles. The molecule has 0 amide bonds. The van der Waals surface area contributed by atoms with Gasteiger partial charge in [-0.1, -0.05) is 12.1 Å². The van der Waals surface area contributed by atoms with Crippen molar-refractivity contribution in [3.8, 4) is 0 Å². The molecule has 112 valence electrons. The van der Waals surface area contributed by atoms with Gasteiger partial charge in [-0.2, -0.15) is 13.2 Å². The summed E-state index contributed by atoms with van der Waals surface area (Å²) in [5, 5.41) is 2.97. The molecule has 0 spiro atoms. The van der Waals surface area contributed by atoms with Crippen molar-refractivity contribution in [1.82, 2.24) is 5.32 Å². The van der Waals surface area contributed by atoms with Crippen LogP contribution >= 0.6 is 0 Å². The zero-order valence-electron chi connectivity index (χ0n) is 11.3. The minimum Gasteiger partial charge on any atom is -0.462 e. The predicted molar refractivity (Wildman–Crippen MR) is 71.2 cm³/mol. The number of halogens is 3. The molecule has 0 radical (unpaired) electrons. The van der Waals surface area contributed by atoms with Crippen molar-refractivity contribution < 1.29 is 22.7 Å². The second-order valence-electron chi connectivity index (χ2n) is 4.44. The molecule has 0 saturated carbocycles. The normalized spacial score (nSPS) is 17.9. The van der Waals surface area contributed by atoms with E-state index in [-0.39, 0.29) is 12.6 Å². The summed E-state index contributed by atoms with van der Waals surface area (Å²) in [4.78, 5) is 11.6. The number of ether oxygens (including phenoxy) is 1. The molecule has 1 aromatic carbocycles. The second kappa shape index (κ2) is 6.03. The molecule has 6 heteroatoms. The van der Waals surface area contributed by atoms with Gasteiger partial charge in [0.2, 0.25) is 0 Å². The maximum Gasteiger partial charge on any atom is 0.416 e. The second-order valence-corrected chi connectivity index (χ2v) is 4.44. The van der Waals surface area contributed by atoms with Crippen molar-refractivity contribution >= 4 is 5.97 Å². The van der Waals surface area contributed by atoms with Crippen LogP contribution in [0, 0.1) is 0 Å². The largest absolute Gasteiger partial charge is 0.462 e. The Morgan fingerprint density at radius 2 is 1.95 bits per heavy atom. The van der Waals surface area contributed by atoms with Crippen LogP contribution < -0.4 is 5.32 Å². The lowest BCUT2D eigenvalue weighted by atomic mass is 10.0. The van der Waals surface area contributed by atoms with Crippen LogP contribution in [0.25, 0.3) is 0 Å². The molecule has 2 rings (SSSR count). The van der Waals surface area contributed by atoms with Crippen LogP contribution in [-0.2, 0) is 15.7 Å². The van der Waals surface area contributed by atoms with Crippen LogP contribution in [0.15, 0.2) is 48.2 Å². The smallest absolute Gasteiger partial charge is 0.416 e. The molecular weight excluding hydrogens is 283 g/mol. The summed E-state index contributed by atoms with van der Waals surface area (Å²) < 4.78 is 42.4.